The van der Waals surface area contributed by atoms with E-state index in [1.807, 2.05) is 13.0 Å². The van der Waals surface area contributed by atoms with E-state index in [2.05, 4.69) is 22.2 Å². The summed E-state index contributed by atoms with van der Waals surface area (Å²) in [7, 11) is 2.14. The van der Waals surface area contributed by atoms with Crippen LogP contribution < -0.4 is 10.1 Å². The zero-order valence-corrected chi connectivity index (χ0v) is 11.7. The van der Waals surface area contributed by atoms with Crippen molar-refractivity contribution in [1.82, 2.24) is 9.88 Å². The van der Waals surface area contributed by atoms with Crippen molar-refractivity contribution in [2.45, 2.75) is 25.8 Å². The molecule has 1 aliphatic heterocycles. The van der Waals surface area contributed by atoms with Crippen LogP contribution in [0.25, 0.3) is 0 Å². The number of ether oxygens (including phenoxy) is 1. The third-order valence-electron chi connectivity index (χ3n) is 3.30. The second kappa shape index (κ2) is 6.25. The van der Waals surface area contributed by atoms with E-state index in [0.29, 0.717) is 17.8 Å². The average Bonchev–Trinajstić information content (AvgIpc) is 2.76. The largest absolute Gasteiger partial charge is 0.490 e. The van der Waals surface area contributed by atoms with Crippen LogP contribution in [-0.4, -0.2) is 42.7 Å². The lowest BCUT2D eigenvalue weighted by atomic mass is 10.2. The highest BCUT2D eigenvalue weighted by Crippen LogP contribution is 2.24. The number of hydrogen-bond acceptors (Lipinski definition) is 4. The van der Waals surface area contributed by atoms with Crippen LogP contribution in [0.3, 0.4) is 0 Å². The predicted molar refractivity (Wildman–Crippen MR) is 74.6 cm³/mol. The molecule has 0 unspecified atom stereocenters. The van der Waals surface area contributed by atoms with Gasteiger partial charge >= 0.3 is 0 Å². The number of anilines is 1. The Morgan fingerprint density at radius 3 is 3.11 bits per heavy atom. The van der Waals surface area contributed by atoms with Gasteiger partial charge in [-0.1, -0.05) is 11.6 Å². The number of likely N-dealkylation sites (N-methyl/N-ethyl adjacent to an activating group) is 1. The van der Waals surface area contributed by atoms with Gasteiger partial charge in [0.15, 0.2) is 5.15 Å². The molecule has 0 amide bonds. The standard InChI is InChI=1S/C13H20ClN3O/c1-3-15-12-7-11(8-16-13(12)14)18-9-10-5-4-6-17(10)2/h7-8,10,15H,3-6,9H2,1-2H3/t10-/m0/s1. The molecule has 2 heterocycles. The third kappa shape index (κ3) is 3.27. The molecule has 1 aromatic rings. The van der Waals surface area contributed by atoms with Crippen molar-refractivity contribution < 1.29 is 4.74 Å². The highest BCUT2D eigenvalue weighted by Gasteiger charge is 2.21. The summed E-state index contributed by atoms with van der Waals surface area (Å²) >= 11 is 5.99. The van der Waals surface area contributed by atoms with Crippen molar-refractivity contribution >= 4 is 17.3 Å². The van der Waals surface area contributed by atoms with Crippen LogP contribution in [0.2, 0.25) is 5.15 Å². The van der Waals surface area contributed by atoms with Crippen LogP contribution in [-0.2, 0) is 0 Å². The van der Waals surface area contributed by atoms with Gasteiger partial charge < -0.3 is 15.0 Å². The smallest absolute Gasteiger partial charge is 0.152 e. The monoisotopic (exact) mass is 269 g/mol. The van der Waals surface area contributed by atoms with Gasteiger partial charge in [0.25, 0.3) is 0 Å². The van der Waals surface area contributed by atoms with Gasteiger partial charge in [-0.2, -0.15) is 0 Å². The molecule has 1 N–H and O–H groups in total. The lowest BCUT2D eigenvalue weighted by Gasteiger charge is -2.19. The van der Waals surface area contributed by atoms with E-state index in [1.54, 1.807) is 6.20 Å². The Morgan fingerprint density at radius 1 is 1.61 bits per heavy atom. The van der Waals surface area contributed by atoms with E-state index in [4.69, 9.17) is 16.3 Å². The summed E-state index contributed by atoms with van der Waals surface area (Å²) in [6.07, 6.45) is 4.14. The molecule has 1 aliphatic rings. The number of hydrogen-bond donors (Lipinski definition) is 1. The van der Waals surface area contributed by atoms with E-state index in [9.17, 15) is 0 Å². The number of pyridine rings is 1. The Bertz CT molecular complexity index is 400. The van der Waals surface area contributed by atoms with Crippen LogP contribution >= 0.6 is 11.6 Å². The van der Waals surface area contributed by atoms with E-state index >= 15 is 0 Å². The van der Waals surface area contributed by atoms with Crippen molar-refractivity contribution in [3.05, 3.63) is 17.4 Å². The molecule has 0 bridgehead atoms. The van der Waals surface area contributed by atoms with Crippen LogP contribution in [0.15, 0.2) is 12.3 Å². The molecule has 1 atom stereocenters. The first kappa shape index (κ1) is 13.4. The summed E-state index contributed by atoms with van der Waals surface area (Å²) in [6.45, 7) is 4.72. The summed E-state index contributed by atoms with van der Waals surface area (Å²) in [5.41, 5.74) is 0.830. The van der Waals surface area contributed by atoms with Crippen molar-refractivity contribution in [2.24, 2.45) is 0 Å². The highest BCUT2D eigenvalue weighted by molar-refractivity contribution is 6.32. The minimum atomic E-state index is 0.488. The zero-order valence-electron chi connectivity index (χ0n) is 10.9. The van der Waals surface area contributed by atoms with E-state index < -0.39 is 0 Å². The topological polar surface area (TPSA) is 37.4 Å². The molecular formula is C13H20ClN3O. The number of rotatable bonds is 5. The molecule has 1 fully saturated rings. The van der Waals surface area contributed by atoms with Crippen molar-refractivity contribution in [3.8, 4) is 5.75 Å². The summed E-state index contributed by atoms with van der Waals surface area (Å²) in [5, 5.41) is 3.66. The van der Waals surface area contributed by atoms with Crippen molar-refractivity contribution in [1.29, 1.82) is 0 Å². The van der Waals surface area contributed by atoms with Gasteiger partial charge in [-0.15, -0.1) is 0 Å². The summed E-state index contributed by atoms with van der Waals surface area (Å²) in [5.74, 6) is 0.774. The molecule has 100 valence electrons. The van der Waals surface area contributed by atoms with Gasteiger partial charge in [-0.05, 0) is 33.4 Å². The Morgan fingerprint density at radius 2 is 2.44 bits per heavy atom. The Kier molecular flexibility index (Phi) is 4.66. The number of aromatic nitrogens is 1. The van der Waals surface area contributed by atoms with E-state index in [-0.39, 0.29) is 0 Å². The quantitative estimate of drug-likeness (QED) is 0.834. The SMILES string of the molecule is CCNc1cc(OC[C@@H]2CCCN2C)cnc1Cl. The molecule has 2 rings (SSSR count). The Hall–Kier alpha value is -1.00. The molecule has 0 aliphatic carbocycles. The molecular weight excluding hydrogens is 250 g/mol. The minimum Gasteiger partial charge on any atom is -0.490 e. The first-order valence-electron chi connectivity index (χ1n) is 6.43. The molecule has 0 spiro atoms. The molecule has 1 aromatic heterocycles. The number of halogens is 1. The molecule has 5 heteroatoms. The fraction of sp³-hybridized carbons (Fsp3) is 0.615. The molecule has 18 heavy (non-hydrogen) atoms. The maximum atomic E-state index is 5.99. The van der Waals surface area contributed by atoms with Gasteiger partial charge in [-0.3, -0.25) is 0 Å². The molecule has 4 nitrogen and oxygen atoms in total. The van der Waals surface area contributed by atoms with Gasteiger partial charge in [0, 0.05) is 18.7 Å². The normalized spacial score (nSPS) is 20.1. The lowest BCUT2D eigenvalue weighted by molar-refractivity contribution is 0.198. The highest BCUT2D eigenvalue weighted by atomic mass is 35.5. The van der Waals surface area contributed by atoms with Gasteiger partial charge in [0.1, 0.15) is 12.4 Å². The van der Waals surface area contributed by atoms with E-state index in [1.165, 1.54) is 12.8 Å². The van der Waals surface area contributed by atoms with Crippen LogP contribution in [0.5, 0.6) is 5.75 Å². The number of nitrogens with one attached hydrogen (secondary N) is 1. The fourth-order valence-corrected chi connectivity index (χ4v) is 2.37. The number of likely N-dealkylation sites (tertiary alicyclic amines) is 1. The van der Waals surface area contributed by atoms with Gasteiger partial charge in [-0.25, -0.2) is 4.98 Å². The Balaban J connectivity index is 1.94. The Labute approximate surface area is 113 Å². The second-order valence-electron chi connectivity index (χ2n) is 4.63. The van der Waals surface area contributed by atoms with Gasteiger partial charge in [0.2, 0.25) is 0 Å². The third-order valence-corrected chi connectivity index (χ3v) is 3.60. The van der Waals surface area contributed by atoms with Crippen LogP contribution in [0, 0.1) is 0 Å². The van der Waals surface area contributed by atoms with Crippen molar-refractivity contribution in [2.75, 3.05) is 32.1 Å². The fourth-order valence-electron chi connectivity index (χ4n) is 2.20. The summed E-state index contributed by atoms with van der Waals surface area (Å²) in [6, 6.07) is 2.43. The van der Waals surface area contributed by atoms with E-state index in [0.717, 1.165) is 24.5 Å². The zero-order chi connectivity index (χ0) is 13.0. The average molecular weight is 270 g/mol. The maximum Gasteiger partial charge on any atom is 0.152 e. The molecule has 0 radical (unpaired) electrons. The molecule has 0 saturated carbocycles. The molecule has 1 saturated heterocycles. The second-order valence-corrected chi connectivity index (χ2v) is 4.99. The lowest BCUT2D eigenvalue weighted by Crippen LogP contribution is -2.30. The first-order chi connectivity index (χ1) is 8.70. The first-order valence-corrected chi connectivity index (χ1v) is 6.81. The summed E-state index contributed by atoms with van der Waals surface area (Å²) < 4.78 is 5.80. The summed E-state index contributed by atoms with van der Waals surface area (Å²) in [4.78, 5) is 6.47. The number of nitrogens with zero attached hydrogens (tertiary/aromatic N) is 2. The van der Waals surface area contributed by atoms with Gasteiger partial charge in [0.05, 0.1) is 11.9 Å². The minimum absolute atomic E-state index is 0.488. The van der Waals surface area contributed by atoms with Crippen LogP contribution in [0.1, 0.15) is 19.8 Å². The van der Waals surface area contributed by atoms with Crippen molar-refractivity contribution in [3.63, 3.8) is 0 Å². The predicted octanol–water partition coefficient (Wildman–Crippen LogP) is 2.64. The van der Waals surface area contributed by atoms with Crippen LogP contribution in [0.4, 0.5) is 5.69 Å². The maximum absolute atomic E-state index is 5.99. The molecule has 0 aromatic carbocycles.